The van der Waals surface area contributed by atoms with Crippen LogP contribution in [0.5, 0.6) is 11.5 Å². The largest absolute Gasteiger partial charge is 0.508 e. The number of hydrogen-bond donors (Lipinski definition) is 2. The highest BCUT2D eigenvalue weighted by Gasteiger charge is 2.55. The Morgan fingerprint density at radius 2 is 0.860 bits per heavy atom. The summed E-state index contributed by atoms with van der Waals surface area (Å²) in [5, 5.41) is 19.1. The predicted octanol–water partition coefficient (Wildman–Crippen LogP) is 6.20. The van der Waals surface area contributed by atoms with Crippen molar-refractivity contribution in [1.29, 1.82) is 0 Å². The Labute approximate surface area is 243 Å². The summed E-state index contributed by atoms with van der Waals surface area (Å²) in [5.41, 5.74) is -3.80. The van der Waals surface area contributed by atoms with Gasteiger partial charge >= 0.3 is 6.18 Å². The highest BCUT2D eigenvalue weighted by Crippen LogP contribution is 2.48. The molecule has 2 aliphatic heterocycles. The van der Waals surface area contributed by atoms with Gasteiger partial charge in [0.1, 0.15) is 16.9 Å². The summed E-state index contributed by atoms with van der Waals surface area (Å²) in [5.74, 6) is -3.30. The molecule has 0 unspecified atom stereocenters. The summed E-state index contributed by atoms with van der Waals surface area (Å²) >= 11 is 0. The number of phenolic OH excluding ortho intramolecular Hbond substituents is 2. The molecular formula is C32H23F3N2O6. The van der Waals surface area contributed by atoms with Crippen molar-refractivity contribution in [1.82, 2.24) is 0 Å². The van der Waals surface area contributed by atoms with E-state index < -0.39 is 35.2 Å². The standard InChI is InChI=1S/C31H19F3N2O6.CH4/c1-30(31(32,33)34,16-2-12-22-24(14-16)28(41)35(26(22)39)18-4-8-20(37)9-5-18)17-3-13-23-25(15-17)29(42)36(27(23)40)19-6-10-21(38)11-7-19;/h2-15,37-38H,1H3;1H4. The number of imide groups is 2. The number of benzene rings is 4. The van der Waals surface area contributed by atoms with Crippen LogP contribution < -0.4 is 9.80 Å². The lowest BCUT2D eigenvalue weighted by Crippen LogP contribution is -2.41. The second-order valence-electron chi connectivity index (χ2n) is 10.1. The van der Waals surface area contributed by atoms with Gasteiger partial charge in [-0.05, 0) is 90.8 Å². The Morgan fingerprint density at radius 1 is 0.535 bits per heavy atom. The number of carbonyl (C=O) groups is 4. The fourth-order valence-electron chi connectivity index (χ4n) is 5.27. The van der Waals surface area contributed by atoms with Gasteiger partial charge in [0.25, 0.3) is 23.6 Å². The topological polar surface area (TPSA) is 115 Å². The summed E-state index contributed by atoms with van der Waals surface area (Å²) in [4.78, 5) is 54.1. The molecule has 4 amide bonds. The van der Waals surface area contributed by atoms with Crippen molar-refractivity contribution in [3.05, 3.63) is 118 Å². The minimum absolute atomic E-state index is 0. The van der Waals surface area contributed by atoms with Crippen LogP contribution in [0.3, 0.4) is 0 Å². The number of nitrogens with zero attached hydrogens (tertiary/aromatic N) is 2. The van der Waals surface area contributed by atoms with Crippen molar-refractivity contribution in [3.63, 3.8) is 0 Å². The number of carbonyl (C=O) groups excluding carboxylic acids is 4. The molecule has 0 saturated carbocycles. The summed E-state index contributed by atoms with van der Waals surface area (Å²) in [7, 11) is 0. The normalized spacial score (nSPS) is 14.6. The minimum Gasteiger partial charge on any atom is -0.508 e. The Kier molecular flexibility index (Phi) is 6.64. The fourth-order valence-corrected chi connectivity index (χ4v) is 5.27. The molecule has 0 aliphatic carbocycles. The van der Waals surface area contributed by atoms with Crippen LogP contribution in [-0.2, 0) is 5.41 Å². The highest BCUT2D eigenvalue weighted by molar-refractivity contribution is 6.35. The van der Waals surface area contributed by atoms with Crippen LogP contribution in [0.1, 0.15) is 66.9 Å². The van der Waals surface area contributed by atoms with Crippen molar-refractivity contribution >= 4 is 35.0 Å². The molecule has 4 aromatic carbocycles. The van der Waals surface area contributed by atoms with E-state index in [0.29, 0.717) is 0 Å². The molecule has 0 bridgehead atoms. The lowest BCUT2D eigenvalue weighted by Gasteiger charge is -2.33. The monoisotopic (exact) mass is 588 g/mol. The van der Waals surface area contributed by atoms with Gasteiger partial charge in [0.15, 0.2) is 0 Å². The van der Waals surface area contributed by atoms with Crippen molar-refractivity contribution in [2.75, 3.05) is 9.80 Å². The molecule has 0 spiro atoms. The average Bonchev–Trinajstić information content (AvgIpc) is 3.36. The first kappa shape index (κ1) is 29.1. The molecule has 0 fully saturated rings. The zero-order valence-corrected chi connectivity index (χ0v) is 21.6. The Hall–Kier alpha value is -5.45. The molecule has 4 aromatic rings. The molecule has 2 aliphatic rings. The Balaban J connectivity index is 0.00000368. The maximum absolute atomic E-state index is 14.9. The van der Waals surface area contributed by atoms with E-state index in [1.807, 2.05) is 0 Å². The van der Waals surface area contributed by atoms with E-state index in [4.69, 9.17) is 0 Å². The van der Waals surface area contributed by atoms with E-state index in [-0.39, 0.29) is 63.7 Å². The molecule has 43 heavy (non-hydrogen) atoms. The van der Waals surface area contributed by atoms with E-state index >= 15 is 0 Å². The van der Waals surface area contributed by atoms with Gasteiger partial charge in [0.2, 0.25) is 0 Å². The lowest BCUT2D eigenvalue weighted by molar-refractivity contribution is -0.173. The van der Waals surface area contributed by atoms with Crippen molar-refractivity contribution < 1.29 is 42.6 Å². The molecule has 218 valence electrons. The van der Waals surface area contributed by atoms with Crippen LogP contribution in [0.15, 0.2) is 84.9 Å². The average molecular weight is 589 g/mol. The first-order chi connectivity index (χ1) is 19.8. The number of fused-ring (bicyclic) bond motifs is 2. The van der Waals surface area contributed by atoms with E-state index in [1.165, 1.54) is 48.5 Å². The number of alkyl halides is 3. The molecule has 8 nitrogen and oxygen atoms in total. The van der Waals surface area contributed by atoms with Crippen LogP contribution in [0.25, 0.3) is 0 Å². The summed E-state index contributed by atoms with van der Waals surface area (Å²) < 4.78 is 44.7. The van der Waals surface area contributed by atoms with Gasteiger partial charge < -0.3 is 10.2 Å². The summed E-state index contributed by atoms with van der Waals surface area (Å²) in [6.07, 6.45) is -4.93. The zero-order chi connectivity index (χ0) is 30.1. The summed E-state index contributed by atoms with van der Waals surface area (Å²) in [6.45, 7) is 0.897. The SMILES string of the molecule is C.CC(c1ccc2c(c1)C(=O)N(c1ccc(O)cc1)C2=O)(c1ccc2c(c1)C(=O)N(c1ccc(O)cc1)C2=O)C(F)(F)F. The first-order valence-corrected chi connectivity index (χ1v) is 12.5. The summed E-state index contributed by atoms with van der Waals surface area (Å²) in [6, 6.07) is 17.0. The van der Waals surface area contributed by atoms with Gasteiger partial charge in [-0.2, -0.15) is 13.2 Å². The molecule has 2 N–H and O–H groups in total. The van der Waals surface area contributed by atoms with E-state index in [1.54, 1.807) is 0 Å². The molecular weight excluding hydrogens is 565 g/mol. The number of rotatable bonds is 4. The third-order valence-corrected chi connectivity index (χ3v) is 7.71. The third-order valence-electron chi connectivity index (χ3n) is 7.71. The van der Waals surface area contributed by atoms with Crippen LogP contribution in [-0.4, -0.2) is 40.0 Å². The fraction of sp³-hybridized carbons (Fsp3) is 0.125. The first-order valence-electron chi connectivity index (χ1n) is 12.5. The van der Waals surface area contributed by atoms with Crippen LogP contribution in [0.2, 0.25) is 0 Å². The number of halogens is 3. The second-order valence-corrected chi connectivity index (χ2v) is 10.1. The van der Waals surface area contributed by atoms with Crippen molar-refractivity contribution in [2.24, 2.45) is 0 Å². The van der Waals surface area contributed by atoms with Crippen molar-refractivity contribution in [2.45, 2.75) is 25.9 Å². The third kappa shape index (κ3) is 4.23. The van der Waals surface area contributed by atoms with Crippen LogP contribution in [0.4, 0.5) is 24.5 Å². The second kappa shape index (κ2) is 9.83. The minimum atomic E-state index is -4.93. The zero-order valence-electron chi connectivity index (χ0n) is 21.6. The predicted molar refractivity (Wildman–Crippen MR) is 151 cm³/mol. The number of aromatic hydroxyl groups is 2. The smallest absolute Gasteiger partial charge is 0.402 e. The quantitative estimate of drug-likeness (QED) is 0.274. The van der Waals surface area contributed by atoms with Gasteiger partial charge in [-0.15, -0.1) is 0 Å². The molecule has 0 saturated heterocycles. The molecule has 2 heterocycles. The van der Waals surface area contributed by atoms with Gasteiger partial charge in [-0.1, -0.05) is 19.6 Å². The molecule has 0 atom stereocenters. The van der Waals surface area contributed by atoms with Gasteiger partial charge in [0, 0.05) is 0 Å². The van der Waals surface area contributed by atoms with E-state index in [0.717, 1.165) is 53.1 Å². The van der Waals surface area contributed by atoms with Crippen LogP contribution >= 0.6 is 0 Å². The number of anilines is 2. The lowest BCUT2D eigenvalue weighted by atomic mass is 9.74. The van der Waals surface area contributed by atoms with Gasteiger partial charge in [-0.25, -0.2) is 9.80 Å². The highest BCUT2D eigenvalue weighted by atomic mass is 19.4. The Morgan fingerprint density at radius 3 is 1.19 bits per heavy atom. The van der Waals surface area contributed by atoms with Gasteiger partial charge in [0.05, 0.1) is 33.6 Å². The molecule has 0 radical (unpaired) electrons. The number of hydrogen-bond acceptors (Lipinski definition) is 6. The van der Waals surface area contributed by atoms with E-state index in [2.05, 4.69) is 0 Å². The molecule has 6 rings (SSSR count). The van der Waals surface area contributed by atoms with Crippen LogP contribution in [0, 0.1) is 0 Å². The maximum Gasteiger partial charge on any atom is 0.402 e. The number of amides is 4. The van der Waals surface area contributed by atoms with E-state index in [9.17, 15) is 42.6 Å². The van der Waals surface area contributed by atoms with Gasteiger partial charge in [-0.3, -0.25) is 19.2 Å². The Bertz CT molecular complexity index is 1710. The maximum atomic E-state index is 14.9. The van der Waals surface area contributed by atoms with Crippen molar-refractivity contribution in [3.8, 4) is 11.5 Å². The number of phenols is 2. The molecule has 11 heteroatoms. The molecule has 0 aromatic heterocycles.